The Morgan fingerprint density at radius 2 is 1.59 bits per heavy atom. The predicted octanol–water partition coefficient (Wildman–Crippen LogP) is 8.70. The van der Waals surface area contributed by atoms with E-state index in [0.29, 0.717) is 30.7 Å². The van der Waals surface area contributed by atoms with Crippen LogP contribution in [0.15, 0.2) is 81.1 Å². The first-order chi connectivity index (χ1) is 23.4. The second kappa shape index (κ2) is 13.0. The van der Waals surface area contributed by atoms with E-state index >= 15 is 0 Å². The zero-order valence-electron chi connectivity index (χ0n) is 29.3. The van der Waals surface area contributed by atoms with Crippen LogP contribution in [0.2, 0.25) is 0 Å². The summed E-state index contributed by atoms with van der Waals surface area (Å²) in [5.41, 5.74) is 5.20. The van der Waals surface area contributed by atoms with Crippen molar-refractivity contribution in [3.63, 3.8) is 0 Å². The fraction of sp³-hybridized carbons (Fsp3) is 0.439. The molecule has 4 aliphatic rings. The Balaban J connectivity index is 0.936. The zero-order chi connectivity index (χ0) is 34.4. The Hall–Kier alpha value is -4.11. The van der Waals surface area contributed by atoms with Gasteiger partial charge in [-0.2, -0.15) is 0 Å². The maximum Gasteiger partial charge on any atom is 0.350 e. The van der Waals surface area contributed by atoms with Gasteiger partial charge in [0.1, 0.15) is 36.0 Å². The minimum Gasteiger partial charge on any atom is -0.489 e. The Bertz CT molecular complexity index is 1930. The molecule has 0 N–H and O–H groups in total. The van der Waals surface area contributed by atoms with E-state index in [-0.39, 0.29) is 17.3 Å². The van der Waals surface area contributed by atoms with Gasteiger partial charge in [0.15, 0.2) is 0 Å². The smallest absolute Gasteiger partial charge is 0.350 e. The fourth-order valence-corrected chi connectivity index (χ4v) is 6.80. The summed E-state index contributed by atoms with van der Waals surface area (Å²) in [7, 11) is 0. The van der Waals surface area contributed by atoms with Gasteiger partial charge in [-0.15, -0.1) is 0 Å². The Morgan fingerprint density at radius 1 is 0.878 bits per heavy atom. The van der Waals surface area contributed by atoms with E-state index < -0.39 is 11.6 Å². The molecule has 1 unspecified atom stereocenters. The van der Waals surface area contributed by atoms with E-state index in [0.717, 1.165) is 65.7 Å². The first-order valence-electron chi connectivity index (χ1n) is 17.3. The van der Waals surface area contributed by atoms with Gasteiger partial charge in [-0.05, 0) is 122 Å². The SMILES string of the molecule is C/C(=C\COc1ccc2c(c1)O[C@@]1(C=C2)O[C@H](CC/C(C)=C/COc2c3c(cc4oc(=O)ccc24)CC=C3)C(C)(C)O1)CCC1OC1(C)C. The third kappa shape index (κ3) is 7.28. The second-order valence-corrected chi connectivity index (χ2v) is 14.6. The van der Waals surface area contributed by atoms with Gasteiger partial charge in [0.25, 0.3) is 0 Å². The first-order valence-corrected chi connectivity index (χ1v) is 17.3. The van der Waals surface area contributed by atoms with Gasteiger partial charge in [-0.25, -0.2) is 4.79 Å². The van der Waals surface area contributed by atoms with Crippen molar-refractivity contribution in [3.8, 4) is 17.2 Å². The lowest BCUT2D eigenvalue weighted by Gasteiger charge is -2.30. The number of rotatable bonds is 12. The molecule has 3 aliphatic heterocycles. The third-order valence-corrected chi connectivity index (χ3v) is 9.92. The van der Waals surface area contributed by atoms with E-state index in [1.54, 1.807) is 6.07 Å². The molecule has 0 saturated carbocycles. The zero-order valence-corrected chi connectivity index (χ0v) is 29.3. The number of allylic oxidation sites excluding steroid dienone is 3. The molecule has 1 aromatic heterocycles. The van der Waals surface area contributed by atoms with Crippen LogP contribution in [0.1, 0.15) is 83.9 Å². The lowest BCUT2D eigenvalue weighted by molar-refractivity contribution is -0.270. The molecular weight excluding hydrogens is 620 g/mol. The van der Waals surface area contributed by atoms with Crippen LogP contribution in [0, 0.1) is 0 Å². The van der Waals surface area contributed by atoms with Crippen molar-refractivity contribution in [1.29, 1.82) is 0 Å². The number of hydrogen-bond acceptors (Lipinski definition) is 8. The quantitative estimate of drug-likeness (QED) is 0.108. The highest BCUT2D eigenvalue weighted by Crippen LogP contribution is 2.45. The van der Waals surface area contributed by atoms with Crippen LogP contribution in [0.25, 0.3) is 23.1 Å². The molecule has 0 amide bonds. The molecule has 3 atom stereocenters. The summed E-state index contributed by atoms with van der Waals surface area (Å²) in [6.45, 7) is 13.5. The van der Waals surface area contributed by atoms with Crippen LogP contribution in [-0.4, -0.2) is 42.6 Å². The molecule has 8 heteroatoms. The second-order valence-electron chi connectivity index (χ2n) is 14.6. The molecule has 8 nitrogen and oxygen atoms in total. The molecule has 258 valence electrons. The number of epoxide rings is 1. The monoisotopic (exact) mass is 666 g/mol. The van der Waals surface area contributed by atoms with Crippen molar-refractivity contribution in [3.05, 3.63) is 99.0 Å². The molecule has 2 saturated heterocycles. The minimum absolute atomic E-state index is 0.0283. The van der Waals surface area contributed by atoms with Crippen LogP contribution < -0.4 is 19.8 Å². The maximum absolute atomic E-state index is 11.8. The summed E-state index contributed by atoms with van der Waals surface area (Å²) in [5.74, 6) is 0.834. The van der Waals surface area contributed by atoms with Crippen LogP contribution >= 0.6 is 0 Å². The molecule has 4 heterocycles. The average molecular weight is 667 g/mol. The number of ether oxygens (including phenoxy) is 6. The molecule has 0 radical (unpaired) electrons. The summed E-state index contributed by atoms with van der Waals surface area (Å²) < 4.78 is 42.9. The van der Waals surface area contributed by atoms with Gasteiger partial charge in [-0.3, -0.25) is 0 Å². The van der Waals surface area contributed by atoms with Crippen LogP contribution in [0.5, 0.6) is 17.2 Å². The van der Waals surface area contributed by atoms with Crippen molar-refractivity contribution in [1.82, 2.24) is 0 Å². The van der Waals surface area contributed by atoms with Crippen LogP contribution in [-0.2, 0) is 20.6 Å². The van der Waals surface area contributed by atoms with Crippen molar-refractivity contribution in [2.75, 3.05) is 13.2 Å². The Labute approximate surface area is 288 Å². The average Bonchev–Trinajstić information content (AvgIpc) is 3.31. The number of fused-ring (bicyclic) bond motifs is 3. The van der Waals surface area contributed by atoms with Gasteiger partial charge in [0.2, 0.25) is 0 Å². The Kier molecular flexibility index (Phi) is 8.84. The molecular formula is C41H46O8. The van der Waals surface area contributed by atoms with E-state index in [1.807, 2.05) is 50.3 Å². The predicted molar refractivity (Wildman–Crippen MR) is 190 cm³/mol. The Morgan fingerprint density at radius 3 is 2.33 bits per heavy atom. The highest BCUT2D eigenvalue weighted by molar-refractivity contribution is 5.90. The van der Waals surface area contributed by atoms with E-state index in [2.05, 4.69) is 52.0 Å². The summed E-state index contributed by atoms with van der Waals surface area (Å²) in [6.07, 6.45) is 16.8. The molecule has 3 aromatic rings. The molecule has 0 bridgehead atoms. The molecule has 1 aliphatic carbocycles. The van der Waals surface area contributed by atoms with Gasteiger partial charge in [-0.1, -0.05) is 23.3 Å². The van der Waals surface area contributed by atoms with E-state index in [9.17, 15) is 4.79 Å². The normalized spacial score (nSPS) is 24.6. The topological polar surface area (TPSA) is 88.9 Å². The fourth-order valence-electron chi connectivity index (χ4n) is 6.80. The lowest BCUT2D eigenvalue weighted by atomic mass is 9.96. The maximum atomic E-state index is 11.8. The van der Waals surface area contributed by atoms with Crippen molar-refractivity contribution >= 4 is 23.1 Å². The third-order valence-electron chi connectivity index (χ3n) is 9.92. The highest BCUT2D eigenvalue weighted by atomic mass is 16.9. The molecule has 49 heavy (non-hydrogen) atoms. The number of benzene rings is 2. The van der Waals surface area contributed by atoms with E-state index in [1.165, 1.54) is 17.2 Å². The largest absolute Gasteiger partial charge is 0.489 e. The standard InChI is InChI=1S/C41H46O8/c1-26(10-15-35-39(3,4)47-35)19-22-43-30-13-12-28-18-21-41(46-33(28)25-30)48-36(40(5,6)49-41)16-11-27(2)20-23-44-38-31-9-7-8-29(31)24-34-32(38)14-17-37(42)45-34/h7,9,12-14,17-21,24-25,35-36H,8,10-11,15-16,22-23H2,1-6H3/b26-19+,27-20+/t35?,36-,41+/m1/s1. The van der Waals surface area contributed by atoms with Crippen LogP contribution in [0.4, 0.5) is 0 Å². The summed E-state index contributed by atoms with van der Waals surface area (Å²) in [5, 5.41) is 0.798. The van der Waals surface area contributed by atoms with E-state index in [4.69, 9.17) is 32.8 Å². The number of hydrogen-bond donors (Lipinski definition) is 0. The van der Waals surface area contributed by atoms with Gasteiger partial charge in [0, 0.05) is 29.3 Å². The first kappa shape index (κ1) is 33.4. The lowest BCUT2D eigenvalue weighted by Crippen LogP contribution is -2.38. The summed E-state index contributed by atoms with van der Waals surface area (Å²) in [4.78, 5) is 11.8. The summed E-state index contributed by atoms with van der Waals surface area (Å²) in [6, 6.07) is 11.0. The highest BCUT2D eigenvalue weighted by Gasteiger charge is 2.54. The van der Waals surface area contributed by atoms with Gasteiger partial charge >= 0.3 is 11.6 Å². The molecule has 2 aromatic carbocycles. The van der Waals surface area contributed by atoms with Gasteiger partial charge in [0.05, 0.1) is 28.8 Å². The summed E-state index contributed by atoms with van der Waals surface area (Å²) >= 11 is 0. The van der Waals surface area contributed by atoms with Crippen molar-refractivity contribution < 1.29 is 32.8 Å². The molecule has 1 spiro atoms. The minimum atomic E-state index is -1.30. The van der Waals surface area contributed by atoms with Crippen LogP contribution in [0.3, 0.4) is 0 Å². The van der Waals surface area contributed by atoms with Crippen molar-refractivity contribution in [2.24, 2.45) is 0 Å². The van der Waals surface area contributed by atoms with Crippen molar-refractivity contribution in [2.45, 2.75) is 103 Å². The molecule has 7 rings (SSSR count). The molecule has 2 fully saturated rings. The van der Waals surface area contributed by atoms with Gasteiger partial charge < -0.3 is 32.8 Å².